The molecule has 8 heteroatoms. The van der Waals surface area contributed by atoms with Gasteiger partial charge in [-0.1, -0.05) is 0 Å². The van der Waals surface area contributed by atoms with Crippen LogP contribution in [-0.2, 0) is 4.79 Å². The maximum Gasteiger partial charge on any atom is 0.401 e. The van der Waals surface area contributed by atoms with Crippen molar-refractivity contribution in [2.45, 2.75) is 19.1 Å². The Kier molecular flexibility index (Phi) is 4.32. The van der Waals surface area contributed by atoms with Gasteiger partial charge in [0.25, 0.3) is 0 Å². The summed E-state index contributed by atoms with van der Waals surface area (Å²) in [5.41, 5.74) is 0. The van der Waals surface area contributed by atoms with E-state index in [-0.39, 0.29) is 19.0 Å². The summed E-state index contributed by atoms with van der Waals surface area (Å²) < 4.78 is 38.4. The molecule has 2 rings (SSSR count). The van der Waals surface area contributed by atoms with Crippen LogP contribution in [0.3, 0.4) is 0 Å². The van der Waals surface area contributed by atoms with Gasteiger partial charge >= 0.3 is 6.18 Å². The molecule has 1 fully saturated rings. The number of alkyl halides is 3. The highest BCUT2D eigenvalue weighted by molar-refractivity contribution is 5.80. The molecule has 0 spiro atoms. The molecule has 0 radical (unpaired) electrons. The first kappa shape index (κ1) is 14.8. The Bertz CT molecular complexity index is 438. The van der Waals surface area contributed by atoms with E-state index < -0.39 is 18.8 Å². The summed E-state index contributed by atoms with van der Waals surface area (Å²) in [6, 6.07) is 1.30. The number of nitrogens with zero attached hydrogens (tertiary/aromatic N) is 4. The number of hydrogen-bond acceptors (Lipinski definition) is 3. The average molecular weight is 290 g/mol. The van der Waals surface area contributed by atoms with E-state index in [4.69, 9.17) is 0 Å². The molecule has 20 heavy (non-hydrogen) atoms. The fraction of sp³-hybridized carbons (Fsp3) is 0.667. The Hall–Kier alpha value is -1.57. The smallest absolute Gasteiger partial charge is 0.338 e. The summed E-state index contributed by atoms with van der Waals surface area (Å²) in [7, 11) is 0. The number of piperazine rings is 1. The van der Waals surface area contributed by atoms with Gasteiger partial charge < -0.3 is 4.90 Å². The molecular weight excluding hydrogens is 273 g/mol. The molecule has 1 saturated heterocycles. The molecule has 5 nitrogen and oxygen atoms in total. The van der Waals surface area contributed by atoms with Gasteiger partial charge in [-0.25, -0.2) is 0 Å². The highest BCUT2D eigenvalue weighted by Gasteiger charge is 2.33. The molecule has 1 aromatic rings. The van der Waals surface area contributed by atoms with Crippen molar-refractivity contribution in [1.82, 2.24) is 19.6 Å². The third kappa shape index (κ3) is 3.72. The standard InChI is InChI=1S/C12H17F3N4O/c1-10(19-4-2-3-16-19)11(20)18-7-5-17(6-8-18)9-12(13,14)15/h2-4,10H,5-9H2,1H3. The molecule has 1 aliphatic heterocycles. The van der Waals surface area contributed by atoms with Gasteiger partial charge in [0.05, 0.1) is 6.54 Å². The molecule has 112 valence electrons. The first-order valence-electron chi connectivity index (χ1n) is 6.44. The van der Waals surface area contributed by atoms with Gasteiger partial charge in [0.2, 0.25) is 5.91 Å². The van der Waals surface area contributed by atoms with Gasteiger partial charge in [0.1, 0.15) is 6.04 Å². The van der Waals surface area contributed by atoms with Gasteiger partial charge in [0.15, 0.2) is 0 Å². The molecule has 1 aromatic heterocycles. The summed E-state index contributed by atoms with van der Waals surface area (Å²) in [5.74, 6) is -0.111. The topological polar surface area (TPSA) is 41.4 Å². The monoisotopic (exact) mass is 290 g/mol. The number of hydrogen-bond donors (Lipinski definition) is 0. The molecule has 0 aliphatic carbocycles. The van der Waals surface area contributed by atoms with E-state index in [0.717, 1.165) is 0 Å². The lowest BCUT2D eigenvalue weighted by Gasteiger charge is -2.36. The third-order valence-electron chi connectivity index (χ3n) is 3.37. The van der Waals surface area contributed by atoms with E-state index in [2.05, 4.69) is 5.10 Å². The Morgan fingerprint density at radius 1 is 1.30 bits per heavy atom. The lowest BCUT2D eigenvalue weighted by atomic mass is 10.2. The molecule has 0 N–H and O–H groups in total. The van der Waals surface area contributed by atoms with Gasteiger partial charge in [-0.05, 0) is 13.0 Å². The summed E-state index contributed by atoms with van der Waals surface area (Å²) in [6.07, 6.45) is -0.901. The summed E-state index contributed by atoms with van der Waals surface area (Å²) in [5, 5.41) is 4.01. The van der Waals surface area contributed by atoms with Gasteiger partial charge in [-0.15, -0.1) is 0 Å². The molecule has 1 unspecified atom stereocenters. The van der Waals surface area contributed by atoms with Gasteiger partial charge in [-0.3, -0.25) is 14.4 Å². The van der Waals surface area contributed by atoms with Crippen LogP contribution in [0.2, 0.25) is 0 Å². The van der Waals surface area contributed by atoms with Crippen LogP contribution in [-0.4, -0.2) is 64.4 Å². The third-order valence-corrected chi connectivity index (χ3v) is 3.37. The summed E-state index contributed by atoms with van der Waals surface area (Å²) in [6.45, 7) is 1.95. The predicted octanol–water partition coefficient (Wildman–Crippen LogP) is 1.15. The molecular formula is C12H17F3N4O. The minimum atomic E-state index is -4.19. The van der Waals surface area contributed by atoms with Crippen molar-refractivity contribution in [3.8, 4) is 0 Å². The fourth-order valence-electron chi connectivity index (χ4n) is 2.27. The lowest BCUT2D eigenvalue weighted by molar-refractivity contribution is -0.152. The first-order chi connectivity index (χ1) is 9.37. The second kappa shape index (κ2) is 5.82. The zero-order valence-electron chi connectivity index (χ0n) is 11.2. The zero-order valence-corrected chi connectivity index (χ0v) is 11.2. The van der Waals surface area contributed by atoms with E-state index >= 15 is 0 Å². The molecule has 0 saturated carbocycles. The second-order valence-electron chi connectivity index (χ2n) is 4.88. The van der Waals surface area contributed by atoms with Gasteiger partial charge in [0, 0.05) is 38.6 Å². The number of aromatic nitrogens is 2. The van der Waals surface area contributed by atoms with E-state index in [1.165, 1.54) is 4.90 Å². The summed E-state index contributed by atoms with van der Waals surface area (Å²) in [4.78, 5) is 15.1. The van der Waals surface area contributed by atoms with Crippen LogP contribution in [0.4, 0.5) is 13.2 Å². The van der Waals surface area contributed by atoms with Crippen LogP contribution in [0.1, 0.15) is 13.0 Å². The quantitative estimate of drug-likeness (QED) is 0.838. The molecule has 0 bridgehead atoms. The number of carbonyl (C=O) groups is 1. The highest BCUT2D eigenvalue weighted by Crippen LogP contribution is 2.18. The molecule has 2 heterocycles. The van der Waals surface area contributed by atoms with Crippen LogP contribution in [0.5, 0.6) is 0 Å². The van der Waals surface area contributed by atoms with Crippen molar-refractivity contribution in [3.63, 3.8) is 0 Å². The zero-order chi connectivity index (χ0) is 14.8. The Labute approximate surface area is 114 Å². The van der Waals surface area contributed by atoms with Gasteiger partial charge in [-0.2, -0.15) is 18.3 Å². The maximum absolute atomic E-state index is 12.3. The van der Waals surface area contributed by atoms with Crippen LogP contribution >= 0.6 is 0 Å². The Balaban J connectivity index is 1.86. The number of halogens is 3. The number of amides is 1. The van der Waals surface area contributed by atoms with E-state index in [1.54, 1.807) is 35.0 Å². The predicted molar refractivity (Wildman–Crippen MR) is 66.0 cm³/mol. The van der Waals surface area contributed by atoms with E-state index in [9.17, 15) is 18.0 Å². The Morgan fingerprint density at radius 2 is 1.95 bits per heavy atom. The maximum atomic E-state index is 12.3. The number of carbonyl (C=O) groups excluding carboxylic acids is 1. The summed E-state index contributed by atoms with van der Waals surface area (Å²) >= 11 is 0. The van der Waals surface area contributed by atoms with Crippen LogP contribution in [0.15, 0.2) is 18.5 Å². The van der Waals surface area contributed by atoms with Crippen molar-refractivity contribution >= 4 is 5.91 Å². The van der Waals surface area contributed by atoms with Crippen molar-refractivity contribution in [3.05, 3.63) is 18.5 Å². The van der Waals surface area contributed by atoms with Crippen molar-refractivity contribution in [2.75, 3.05) is 32.7 Å². The SMILES string of the molecule is CC(C(=O)N1CCN(CC(F)(F)F)CC1)n1cccn1. The van der Waals surface area contributed by atoms with Crippen LogP contribution in [0.25, 0.3) is 0 Å². The normalized spacial score (nSPS) is 19.1. The fourth-order valence-corrected chi connectivity index (χ4v) is 2.27. The lowest BCUT2D eigenvalue weighted by Crippen LogP contribution is -2.52. The minimum absolute atomic E-state index is 0.111. The molecule has 1 atom stereocenters. The van der Waals surface area contributed by atoms with Crippen LogP contribution < -0.4 is 0 Å². The van der Waals surface area contributed by atoms with E-state index in [1.807, 2.05) is 0 Å². The second-order valence-corrected chi connectivity index (χ2v) is 4.88. The number of rotatable bonds is 3. The Morgan fingerprint density at radius 3 is 2.45 bits per heavy atom. The highest BCUT2D eigenvalue weighted by atomic mass is 19.4. The molecule has 0 aromatic carbocycles. The molecule has 1 amide bonds. The minimum Gasteiger partial charge on any atom is -0.338 e. The van der Waals surface area contributed by atoms with Crippen molar-refractivity contribution in [1.29, 1.82) is 0 Å². The molecule has 1 aliphatic rings. The van der Waals surface area contributed by atoms with E-state index in [0.29, 0.717) is 13.1 Å². The average Bonchev–Trinajstić information content (AvgIpc) is 2.90. The first-order valence-corrected chi connectivity index (χ1v) is 6.44. The van der Waals surface area contributed by atoms with Crippen molar-refractivity contribution in [2.24, 2.45) is 0 Å². The largest absolute Gasteiger partial charge is 0.401 e. The van der Waals surface area contributed by atoms with Crippen molar-refractivity contribution < 1.29 is 18.0 Å². The van der Waals surface area contributed by atoms with Crippen LogP contribution in [0, 0.1) is 0 Å².